The van der Waals surface area contributed by atoms with Gasteiger partial charge in [0.15, 0.2) is 5.76 Å². The Bertz CT molecular complexity index is 524. The van der Waals surface area contributed by atoms with Gasteiger partial charge in [-0.1, -0.05) is 15.9 Å². The van der Waals surface area contributed by atoms with Gasteiger partial charge in [0.05, 0.1) is 12.0 Å². The van der Waals surface area contributed by atoms with Crippen molar-refractivity contribution in [1.82, 2.24) is 9.97 Å². The molecular formula is C9H7BrN2O3. The Morgan fingerprint density at radius 3 is 2.87 bits per heavy atom. The van der Waals surface area contributed by atoms with Gasteiger partial charge in [0.25, 0.3) is 0 Å². The Kier molecular flexibility index (Phi) is 2.59. The van der Waals surface area contributed by atoms with Crippen LogP contribution in [0.3, 0.4) is 0 Å². The molecule has 0 aliphatic carbocycles. The van der Waals surface area contributed by atoms with Gasteiger partial charge in [-0.05, 0) is 12.1 Å². The van der Waals surface area contributed by atoms with Crippen LogP contribution < -0.4 is 5.69 Å². The number of imidazole rings is 1. The van der Waals surface area contributed by atoms with Crippen molar-refractivity contribution in [3.63, 3.8) is 0 Å². The number of hydrogen-bond acceptors (Lipinski definition) is 3. The molecule has 0 aromatic carbocycles. The van der Waals surface area contributed by atoms with E-state index >= 15 is 0 Å². The molecule has 0 bridgehead atoms. The minimum atomic E-state index is -0.403. The summed E-state index contributed by atoms with van der Waals surface area (Å²) >= 11 is 3.18. The van der Waals surface area contributed by atoms with Gasteiger partial charge in [-0.3, -0.25) is 4.79 Å². The van der Waals surface area contributed by atoms with Crippen LogP contribution in [0.2, 0.25) is 0 Å². The summed E-state index contributed by atoms with van der Waals surface area (Å²) in [5.41, 5.74) is 0.340. The largest absolute Gasteiger partial charge is 0.461 e. The second kappa shape index (κ2) is 3.90. The zero-order valence-electron chi connectivity index (χ0n) is 7.54. The van der Waals surface area contributed by atoms with E-state index in [1.807, 2.05) is 0 Å². The van der Waals surface area contributed by atoms with Crippen molar-refractivity contribution < 1.29 is 9.21 Å². The molecule has 5 nitrogen and oxygen atoms in total. The summed E-state index contributed by atoms with van der Waals surface area (Å²) in [6, 6.07) is 3.16. The number of aromatic amines is 2. The van der Waals surface area contributed by atoms with E-state index in [2.05, 4.69) is 25.9 Å². The number of halogens is 1. The number of rotatable bonds is 3. The average Bonchev–Trinajstić information content (AvgIpc) is 2.84. The molecule has 0 aliphatic rings. The van der Waals surface area contributed by atoms with E-state index in [1.54, 1.807) is 12.1 Å². The fraction of sp³-hybridized carbons (Fsp3) is 0.111. The molecule has 0 saturated heterocycles. The first-order valence-electron chi connectivity index (χ1n) is 4.17. The van der Waals surface area contributed by atoms with Crippen molar-refractivity contribution in [3.8, 4) is 0 Å². The number of carbonyl (C=O) groups excluding carboxylic acids is 1. The molecule has 0 aliphatic heterocycles. The predicted molar refractivity (Wildman–Crippen MR) is 56.2 cm³/mol. The van der Waals surface area contributed by atoms with Crippen LogP contribution in [-0.2, 0) is 5.33 Å². The van der Waals surface area contributed by atoms with Crippen LogP contribution in [0, 0.1) is 0 Å². The second-order valence-corrected chi connectivity index (χ2v) is 3.43. The highest BCUT2D eigenvalue weighted by molar-refractivity contribution is 9.08. The van der Waals surface area contributed by atoms with Gasteiger partial charge in [0.2, 0.25) is 5.78 Å². The molecule has 15 heavy (non-hydrogen) atoms. The van der Waals surface area contributed by atoms with Crippen molar-refractivity contribution in [2.75, 3.05) is 0 Å². The quantitative estimate of drug-likeness (QED) is 0.654. The molecule has 0 spiro atoms. The fourth-order valence-electron chi connectivity index (χ4n) is 1.24. The zero-order valence-corrected chi connectivity index (χ0v) is 9.13. The van der Waals surface area contributed by atoms with E-state index in [4.69, 9.17) is 4.42 Å². The van der Waals surface area contributed by atoms with E-state index < -0.39 is 5.69 Å². The lowest BCUT2D eigenvalue weighted by Crippen LogP contribution is -2.05. The normalized spacial score (nSPS) is 10.5. The third kappa shape index (κ3) is 1.80. The number of H-pyrrole nitrogens is 2. The molecule has 2 N–H and O–H groups in total. The smallest absolute Gasteiger partial charge is 0.323 e. The van der Waals surface area contributed by atoms with Gasteiger partial charge in [0.1, 0.15) is 5.69 Å². The topological polar surface area (TPSA) is 78.9 Å². The van der Waals surface area contributed by atoms with Crippen molar-refractivity contribution in [2.24, 2.45) is 0 Å². The predicted octanol–water partition coefficient (Wildman–Crippen LogP) is 1.42. The third-order valence-electron chi connectivity index (χ3n) is 1.91. The number of furan rings is 1. The van der Waals surface area contributed by atoms with Gasteiger partial charge < -0.3 is 14.4 Å². The monoisotopic (exact) mass is 270 g/mol. The first-order chi connectivity index (χ1) is 7.22. The molecule has 0 radical (unpaired) electrons. The molecule has 2 heterocycles. The van der Waals surface area contributed by atoms with E-state index in [-0.39, 0.29) is 17.2 Å². The highest BCUT2D eigenvalue weighted by Crippen LogP contribution is 2.12. The van der Waals surface area contributed by atoms with E-state index in [0.717, 1.165) is 0 Å². The Hall–Kier alpha value is -1.56. The highest BCUT2D eigenvalue weighted by atomic mass is 79.9. The minimum Gasteiger partial charge on any atom is -0.461 e. The van der Waals surface area contributed by atoms with Crippen molar-refractivity contribution in [2.45, 2.75) is 5.33 Å². The molecule has 0 atom stereocenters. The summed E-state index contributed by atoms with van der Waals surface area (Å²) in [5, 5.41) is 0.396. The summed E-state index contributed by atoms with van der Waals surface area (Å²) in [6.07, 6.45) is 1.41. The summed E-state index contributed by atoms with van der Waals surface area (Å²) in [5.74, 6) is -0.139. The van der Waals surface area contributed by atoms with Crippen LogP contribution in [0.4, 0.5) is 0 Å². The molecule has 78 valence electrons. The fourth-order valence-corrected chi connectivity index (χ4v) is 1.67. The van der Waals surface area contributed by atoms with Crippen molar-refractivity contribution >= 4 is 21.7 Å². The van der Waals surface area contributed by atoms with Crippen LogP contribution in [0.25, 0.3) is 0 Å². The van der Waals surface area contributed by atoms with E-state index in [9.17, 15) is 9.59 Å². The summed E-state index contributed by atoms with van der Waals surface area (Å²) < 4.78 is 4.96. The second-order valence-electron chi connectivity index (χ2n) is 2.87. The number of hydrogen-bond donors (Lipinski definition) is 2. The van der Waals surface area contributed by atoms with Crippen LogP contribution in [0.5, 0.6) is 0 Å². The molecule has 0 amide bonds. The maximum atomic E-state index is 11.8. The summed E-state index contributed by atoms with van der Waals surface area (Å²) in [6.45, 7) is 0. The van der Waals surface area contributed by atoms with Crippen LogP contribution >= 0.6 is 15.9 Å². The Labute approximate surface area is 92.6 Å². The van der Waals surface area contributed by atoms with E-state index in [0.29, 0.717) is 11.0 Å². The van der Waals surface area contributed by atoms with E-state index in [1.165, 1.54) is 6.26 Å². The number of nitrogens with one attached hydrogen (secondary N) is 2. The minimum absolute atomic E-state index is 0.201. The Morgan fingerprint density at radius 1 is 1.47 bits per heavy atom. The lowest BCUT2D eigenvalue weighted by molar-refractivity contribution is 0.100. The molecule has 2 aromatic heterocycles. The van der Waals surface area contributed by atoms with Crippen molar-refractivity contribution in [3.05, 3.63) is 46.0 Å². The lowest BCUT2D eigenvalue weighted by Gasteiger charge is -1.95. The first-order valence-corrected chi connectivity index (χ1v) is 5.30. The van der Waals surface area contributed by atoms with Crippen LogP contribution in [-0.4, -0.2) is 15.8 Å². The van der Waals surface area contributed by atoms with Crippen LogP contribution in [0.1, 0.15) is 21.9 Å². The van der Waals surface area contributed by atoms with Gasteiger partial charge in [-0.15, -0.1) is 0 Å². The van der Waals surface area contributed by atoms with Gasteiger partial charge >= 0.3 is 5.69 Å². The number of carbonyl (C=O) groups is 1. The van der Waals surface area contributed by atoms with Gasteiger partial charge in [-0.2, -0.15) is 0 Å². The average molecular weight is 271 g/mol. The molecule has 0 unspecified atom stereocenters. The number of aromatic nitrogens is 2. The summed E-state index contributed by atoms with van der Waals surface area (Å²) in [7, 11) is 0. The molecule has 2 rings (SSSR count). The Morgan fingerprint density at radius 2 is 2.27 bits per heavy atom. The third-order valence-corrected chi connectivity index (χ3v) is 2.47. The first kappa shape index (κ1) is 9.97. The molecular weight excluding hydrogens is 264 g/mol. The number of ketones is 1. The maximum absolute atomic E-state index is 11.8. The van der Waals surface area contributed by atoms with Crippen molar-refractivity contribution in [1.29, 1.82) is 0 Å². The number of alkyl halides is 1. The molecule has 6 heteroatoms. The van der Waals surface area contributed by atoms with Crippen LogP contribution in [0.15, 0.2) is 27.6 Å². The lowest BCUT2D eigenvalue weighted by atomic mass is 10.2. The Balaban J connectivity index is 2.45. The SMILES string of the molecule is O=C(c1ccco1)c1[nH]c(=O)[nH]c1CBr. The maximum Gasteiger partial charge on any atom is 0.323 e. The highest BCUT2D eigenvalue weighted by Gasteiger charge is 2.18. The molecule has 2 aromatic rings. The van der Waals surface area contributed by atoms with Gasteiger partial charge in [0, 0.05) is 5.33 Å². The summed E-state index contributed by atoms with van der Waals surface area (Å²) in [4.78, 5) is 27.8. The standard InChI is InChI=1S/C9H7BrN2O3/c10-4-5-7(12-9(14)11-5)8(13)6-2-1-3-15-6/h1-3H,4H2,(H2,11,12,14). The zero-order chi connectivity index (χ0) is 10.8. The van der Waals surface area contributed by atoms with Gasteiger partial charge in [-0.25, -0.2) is 4.79 Å². The molecule has 0 saturated carbocycles. The molecule has 0 fully saturated rings.